The summed E-state index contributed by atoms with van der Waals surface area (Å²) in [5.74, 6) is 1.91. The van der Waals surface area contributed by atoms with Crippen LogP contribution in [-0.2, 0) is 0 Å². The van der Waals surface area contributed by atoms with Crippen LogP contribution >= 0.6 is 0 Å². The molecule has 1 atom stereocenters. The van der Waals surface area contributed by atoms with E-state index >= 15 is 0 Å². The van der Waals surface area contributed by atoms with Gasteiger partial charge in [-0.3, -0.25) is 0 Å². The highest BCUT2D eigenvalue weighted by atomic mass is 16.5. The number of ether oxygens (including phenoxy) is 2. The first-order valence-electron chi connectivity index (χ1n) is 8.37. The van der Waals surface area contributed by atoms with Crippen LogP contribution in [0.3, 0.4) is 0 Å². The van der Waals surface area contributed by atoms with Crippen LogP contribution in [0, 0.1) is 0 Å². The predicted octanol–water partition coefficient (Wildman–Crippen LogP) is 4.22. The smallest absolute Gasteiger partial charge is 0.128 e. The fourth-order valence-electron chi connectivity index (χ4n) is 3.78. The molecule has 1 heterocycles. The van der Waals surface area contributed by atoms with Crippen molar-refractivity contribution >= 4 is 0 Å². The van der Waals surface area contributed by atoms with Crippen molar-refractivity contribution < 1.29 is 9.47 Å². The molecule has 1 aromatic carbocycles. The van der Waals surface area contributed by atoms with E-state index in [1.54, 1.807) is 7.11 Å². The van der Waals surface area contributed by atoms with E-state index in [4.69, 9.17) is 9.47 Å². The van der Waals surface area contributed by atoms with Gasteiger partial charge in [0.2, 0.25) is 0 Å². The van der Waals surface area contributed by atoms with Gasteiger partial charge in [0, 0.05) is 24.1 Å². The number of hydrogen-bond donors (Lipinski definition) is 1. The molecule has 1 aliphatic carbocycles. The van der Waals surface area contributed by atoms with Crippen LogP contribution in [0.1, 0.15) is 63.5 Å². The highest BCUT2D eigenvalue weighted by molar-refractivity contribution is 5.44. The fraction of sp³-hybridized carbons (Fsp3) is 0.667. The lowest BCUT2D eigenvalue weighted by atomic mass is 9.77. The van der Waals surface area contributed by atoms with E-state index in [9.17, 15) is 0 Å². The van der Waals surface area contributed by atoms with Crippen molar-refractivity contribution in [2.45, 2.75) is 63.5 Å². The average Bonchev–Trinajstić information content (AvgIpc) is 2.52. The number of nitrogens with one attached hydrogen (secondary N) is 1. The van der Waals surface area contributed by atoms with Crippen molar-refractivity contribution in [1.29, 1.82) is 0 Å². The van der Waals surface area contributed by atoms with Gasteiger partial charge in [0.1, 0.15) is 17.1 Å². The van der Waals surface area contributed by atoms with Gasteiger partial charge in [0.15, 0.2) is 0 Å². The first-order valence-corrected chi connectivity index (χ1v) is 8.37. The fourth-order valence-corrected chi connectivity index (χ4v) is 3.78. The zero-order valence-corrected chi connectivity index (χ0v) is 13.3. The first kappa shape index (κ1) is 14.7. The molecular weight excluding hydrogens is 262 g/mol. The van der Waals surface area contributed by atoms with Crippen molar-refractivity contribution in [1.82, 2.24) is 5.32 Å². The van der Waals surface area contributed by atoms with Gasteiger partial charge in [-0.05, 0) is 44.7 Å². The Balaban J connectivity index is 1.90. The summed E-state index contributed by atoms with van der Waals surface area (Å²) in [7, 11) is 1.72. The first-order chi connectivity index (χ1) is 10.3. The number of fused-ring (bicyclic) bond motifs is 1. The number of methoxy groups -OCH3 is 1. The van der Waals surface area contributed by atoms with Gasteiger partial charge in [-0.2, -0.15) is 0 Å². The zero-order valence-electron chi connectivity index (χ0n) is 13.3. The minimum atomic E-state index is 0.0447. The molecule has 2 aliphatic rings. The summed E-state index contributed by atoms with van der Waals surface area (Å²) in [6.07, 6.45) is 8.58. The Hall–Kier alpha value is -1.22. The van der Waals surface area contributed by atoms with Crippen molar-refractivity contribution in [3.63, 3.8) is 0 Å². The van der Waals surface area contributed by atoms with Crippen LogP contribution in [0.25, 0.3) is 0 Å². The number of rotatable bonds is 4. The van der Waals surface area contributed by atoms with Gasteiger partial charge >= 0.3 is 0 Å². The second-order valence-electron chi connectivity index (χ2n) is 6.46. The highest BCUT2D eigenvalue weighted by Gasteiger charge is 2.41. The van der Waals surface area contributed by atoms with E-state index in [2.05, 4.69) is 24.4 Å². The van der Waals surface area contributed by atoms with Crippen LogP contribution in [0.4, 0.5) is 0 Å². The summed E-state index contributed by atoms with van der Waals surface area (Å²) in [5, 5.41) is 3.72. The molecule has 1 saturated carbocycles. The molecule has 1 unspecified atom stereocenters. The van der Waals surface area contributed by atoms with Gasteiger partial charge in [-0.25, -0.2) is 0 Å². The van der Waals surface area contributed by atoms with Crippen LogP contribution < -0.4 is 14.8 Å². The van der Waals surface area contributed by atoms with Crippen molar-refractivity contribution in [3.8, 4) is 11.5 Å². The third kappa shape index (κ3) is 3.03. The van der Waals surface area contributed by atoms with Crippen molar-refractivity contribution in [3.05, 3.63) is 23.8 Å². The molecule has 1 aromatic rings. The lowest BCUT2D eigenvalue weighted by molar-refractivity contribution is -0.00278. The molecule has 0 radical (unpaired) electrons. The van der Waals surface area contributed by atoms with E-state index in [1.807, 2.05) is 6.07 Å². The maximum atomic E-state index is 6.49. The molecule has 0 saturated heterocycles. The summed E-state index contributed by atoms with van der Waals surface area (Å²) in [4.78, 5) is 0. The average molecular weight is 289 g/mol. The zero-order chi connectivity index (χ0) is 14.7. The van der Waals surface area contributed by atoms with Gasteiger partial charge in [-0.1, -0.05) is 19.4 Å². The van der Waals surface area contributed by atoms with Crippen molar-refractivity contribution in [2.75, 3.05) is 13.7 Å². The molecule has 1 fully saturated rings. The molecule has 0 bridgehead atoms. The Morgan fingerprint density at radius 1 is 1.29 bits per heavy atom. The van der Waals surface area contributed by atoms with Gasteiger partial charge < -0.3 is 14.8 Å². The van der Waals surface area contributed by atoms with Crippen molar-refractivity contribution in [2.24, 2.45) is 0 Å². The SMILES string of the molecule is CCCNC1CC2(CCCCC2)Oc2cc(OC)ccc21. The second-order valence-corrected chi connectivity index (χ2v) is 6.46. The Morgan fingerprint density at radius 3 is 2.81 bits per heavy atom. The standard InChI is InChI=1S/C18H27NO2/c1-3-11-19-16-13-18(9-5-4-6-10-18)21-17-12-14(20-2)7-8-15(16)17/h7-8,12,16,19H,3-6,9-11,13H2,1-2H3. The highest BCUT2D eigenvalue weighted by Crippen LogP contribution is 2.47. The van der Waals surface area contributed by atoms with E-state index in [-0.39, 0.29) is 5.60 Å². The molecule has 0 aromatic heterocycles. The van der Waals surface area contributed by atoms with E-state index in [0.717, 1.165) is 30.9 Å². The summed E-state index contributed by atoms with van der Waals surface area (Å²) in [6, 6.07) is 6.68. The molecule has 0 amide bonds. The number of benzene rings is 1. The topological polar surface area (TPSA) is 30.5 Å². The Morgan fingerprint density at radius 2 is 2.10 bits per heavy atom. The summed E-state index contributed by atoms with van der Waals surface area (Å²) < 4.78 is 11.9. The van der Waals surface area contributed by atoms with Gasteiger partial charge in [0.05, 0.1) is 7.11 Å². The molecule has 1 N–H and O–H groups in total. The Bertz CT molecular complexity index is 480. The van der Waals surface area contributed by atoms with E-state index in [0.29, 0.717) is 6.04 Å². The Kier molecular flexibility index (Phi) is 4.39. The van der Waals surface area contributed by atoms with E-state index in [1.165, 1.54) is 37.7 Å². The molecule has 3 heteroatoms. The molecule has 1 aliphatic heterocycles. The minimum Gasteiger partial charge on any atom is -0.497 e. The molecule has 3 rings (SSSR count). The lowest BCUT2D eigenvalue weighted by Crippen LogP contribution is -2.45. The summed E-state index contributed by atoms with van der Waals surface area (Å²) in [5.41, 5.74) is 1.34. The van der Waals surface area contributed by atoms with Crippen LogP contribution in [-0.4, -0.2) is 19.3 Å². The predicted molar refractivity (Wildman–Crippen MR) is 85.1 cm³/mol. The molecule has 1 spiro atoms. The van der Waals surface area contributed by atoms with Gasteiger partial charge in [0.25, 0.3) is 0 Å². The largest absolute Gasteiger partial charge is 0.497 e. The third-order valence-corrected chi connectivity index (χ3v) is 4.90. The van der Waals surface area contributed by atoms with Gasteiger partial charge in [-0.15, -0.1) is 0 Å². The molecule has 116 valence electrons. The quantitative estimate of drug-likeness (QED) is 0.900. The van der Waals surface area contributed by atoms with Crippen LogP contribution in [0.2, 0.25) is 0 Å². The summed E-state index contributed by atoms with van der Waals surface area (Å²) in [6.45, 7) is 3.28. The molecule has 3 nitrogen and oxygen atoms in total. The lowest BCUT2D eigenvalue weighted by Gasteiger charge is -2.45. The second kappa shape index (κ2) is 6.27. The molecular formula is C18H27NO2. The maximum absolute atomic E-state index is 6.49. The molecule has 21 heavy (non-hydrogen) atoms. The normalized spacial score (nSPS) is 23.4. The monoisotopic (exact) mass is 289 g/mol. The summed E-state index contributed by atoms with van der Waals surface area (Å²) >= 11 is 0. The number of hydrogen-bond acceptors (Lipinski definition) is 3. The minimum absolute atomic E-state index is 0.0447. The van der Waals surface area contributed by atoms with E-state index < -0.39 is 0 Å². The maximum Gasteiger partial charge on any atom is 0.128 e. The van der Waals surface area contributed by atoms with Crippen LogP contribution in [0.5, 0.6) is 11.5 Å². The third-order valence-electron chi connectivity index (χ3n) is 4.90. The Labute approximate surface area is 128 Å². The van der Waals surface area contributed by atoms with Crippen LogP contribution in [0.15, 0.2) is 18.2 Å².